The molecule has 0 aromatic rings. The minimum Gasteiger partial charge on any atom is -0.460 e. The zero-order valence-electron chi connectivity index (χ0n) is 12.9. The second kappa shape index (κ2) is 7.51. The Morgan fingerprint density at radius 2 is 1.47 bits per heavy atom. The van der Waals surface area contributed by atoms with E-state index in [0.29, 0.717) is 0 Å². The number of carbonyl (C=O) groups is 2. The number of esters is 2. The minimum absolute atomic E-state index is 0.268. The van der Waals surface area contributed by atoms with Crippen LogP contribution in [0.15, 0.2) is 0 Å². The van der Waals surface area contributed by atoms with Crippen LogP contribution < -0.4 is 0 Å². The van der Waals surface area contributed by atoms with Crippen LogP contribution in [-0.2, 0) is 19.1 Å². The molecule has 4 nitrogen and oxygen atoms in total. The van der Waals surface area contributed by atoms with E-state index in [0.717, 1.165) is 32.1 Å². The molecule has 0 aliphatic carbocycles. The smallest absolute Gasteiger partial charge is 0.303 e. The van der Waals surface area contributed by atoms with Crippen molar-refractivity contribution in [3.05, 3.63) is 6.92 Å². The number of carbonyl (C=O) groups excluding carboxylic acids is 2. The Balaban J connectivity index is 4.33. The van der Waals surface area contributed by atoms with Gasteiger partial charge in [-0.05, 0) is 52.9 Å². The monoisotopic (exact) mass is 271 g/mol. The molecule has 0 aliphatic heterocycles. The van der Waals surface area contributed by atoms with Crippen LogP contribution in [0.5, 0.6) is 0 Å². The molecule has 111 valence electrons. The molecule has 1 atom stereocenters. The van der Waals surface area contributed by atoms with E-state index in [1.807, 2.05) is 20.8 Å². The first-order chi connectivity index (χ1) is 8.60. The van der Waals surface area contributed by atoms with E-state index in [2.05, 4.69) is 6.92 Å². The third-order valence-corrected chi connectivity index (χ3v) is 3.00. The molecular weight excluding hydrogens is 244 g/mol. The van der Waals surface area contributed by atoms with E-state index in [9.17, 15) is 9.59 Å². The summed E-state index contributed by atoms with van der Waals surface area (Å²) >= 11 is 0. The maximum Gasteiger partial charge on any atom is 0.303 e. The summed E-state index contributed by atoms with van der Waals surface area (Å²) in [5.41, 5.74) is -0.951. The first-order valence-electron chi connectivity index (χ1n) is 6.79. The van der Waals surface area contributed by atoms with E-state index in [1.165, 1.54) is 13.8 Å². The fourth-order valence-electron chi connectivity index (χ4n) is 2.28. The number of hydrogen-bond acceptors (Lipinski definition) is 4. The van der Waals surface area contributed by atoms with Crippen molar-refractivity contribution in [3.63, 3.8) is 0 Å². The van der Waals surface area contributed by atoms with Gasteiger partial charge in [0.1, 0.15) is 11.2 Å². The summed E-state index contributed by atoms with van der Waals surface area (Å²) in [6, 6.07) is 0. The molecule has 0 saturated carbocycles. The van der Waals surface area contributed by atoms with Gasteiger partial charge in [-0.25, -0.2) is 0 Å². The molecule has 0 aromatic heterocycles. The first kappa shape index (κ1) is 17.9. The van der Waals surface area contributed by atoms with Crippen molar-refractivity contribution in [1.82, 2.24) is 0 Å². The molecule has 1 radical (unpaired) electrons. The van der Waals surface area contributed by atoms with Crippen molar-refractivity contribution >= 4 is 11.9 Å². The highest BCUT2D eigenvalue weighted by atomic mass is 16.6. The van der Waals surface area contributed by atoms with Gasteiger partial charge in [0.15, 0.2) is 0 Å². The number of ether oxygens (including phenoxy) is 2. The fraction of sp³-hybridized carbons (Fsp3) is 0.800. The van der Waals surface area contributed by atoms with Gasteiger partial charge in [-0.15, -0.1) is 0 Å². The highest BCUT2D eigenvalue weighted by Crippen LogP contribution is 2.27. The standard InChI is InChI=1S/C15H27O4/c1-7-9-15(6,19-13(3)17)11-8-10-14(4,5)18-12(2)16/h1,7-11H2,2-6H3. The van der Waals surface area contributed by atoms with Gasteiger partial charge >= 0.3 is 11.9 Å². The summed E-state index contributed by atoms with van der Waals surface area (Å²) < 4.78 is 10.6. The normalized spacial score (nSPS) is 14.6. The molecule has 0 N–H and O–H groups in total. The van der Waals surface area contributed by atoms with Gasteiger partial charge in [0.25, 0.3) is 0 Å². The molecule has 0 bridgehead atoms. The molecule has 0 fully saturated rings. The van der Waals surface area contributed by atoms with Crippen LogP contribution in [-0.4, -0.2) is 23.1 Å². The van der Waals surface area contributed by atoms with Crippen LogP contribution in [0, 0.1) is 6.92 Å². The lowest BCUT2D eigenvalue weighted by molar-refractivity contribution is -0.157. The Morgan fingerprint density at radius 3 is 1.89 bits per heavy atom. The summed E-state index contributed by atoms with van der Waals surface area (Å²) in [6.45, 7) is 12.3. The first-order valence-corrected chi connectivity index (χ1v) is 6.79. The van der Waals surface area contributed by atoms with Gasteiger partial charge in [-0.3, -0.25) is 9.59 Å². The molecule has 0 amide bonds. The van der Waals surface area contributed by atoms with Crippen LogP contribution in [0.25, 0.3) is 0 Å². The molecule has 0 aliphatic rings. The van der Waals surface area contributed by atoms with Crippen LogP contribution >= 0.6 is 0 Å². The topological polar surface area (TPSA) is 52.6 Å². The van der Waals surface area contributed by atoms with Gasteiger partial charge in [0.05, 0.1) is 0 Å². The lowest BCUT2D eigenvalue weighted by Gasteiger charge is -2.31. The van der Waals surface area contributed by atoms with Gasteiger partial charge in [-0.2, -0.15) is 0 Å². The van der Waals surface area contributed by atoms with Crippen LogP contribution in [0.4, 0.5) is 0 Å². The highest BCUT2D eigenvalue weighted by Gasteiger charge is 2.28. The zero-order chi connectivity index (χ0) is 15.1. The van der Waals surface area contributed by atoms with E-state index >= 15 is 0 Å². The van der Waals surface area contributed by atoms with E-state index in [4.69, 9.17) is 9.47 Å². The lowest BCUT2D eigenvalue weighted by atomic mass is 9.90. The highest BCUT2D eigenvalue weighted by molar-refractivity contribution is 5.66. The molecule has 0 rings (SSSR count). The summed E-state index contributed by atoms with van der Waals surface area (Å²) in [4.78, 5) is 22.1. The van der Waals surface area contributed by atoms with Gasteiger partial charge in [-0.1, -0.05) is 6.92 Å². The van der Waals surface area contributed by atoms with Crippen molar-refractivity contribution in [2.45, 2.75) is 77.9 Å². The molecule has 0 saturated heterocycles. The van der Waals surface area contributed by atoms with E-state index in [1.54, 1.807) is 0 Å². The second-order valence-electron chi connectivity index (χ2n) is 5.85. The molecule has 4 heteroatoms. The summed E-state index contributed by atoms with van der Waals surface area (Å²) in [7, 11) is 0. The van der Waals surface area contributed by atoms with Gasteiger partial charge < -0.3 is 9.47 Å². The molecular formula is C15H27O4. The molecule has 0 aromatic carbocycles. The minimum atomic E-state index is -0.479. The van der Waals surface area contributed by atoms with Crippen molar-refractivity contribution in [2.75, 3.05) is 0 Å². The SMILES string of the molecule is [CH2]CCC(C)(CCCC(C)(C)OC(C)=O)OC(C)=O. The maximum atomic E-state index is 11.1. The summed E-state index contributed by atoms with van der Waals surface area (Å²) in [5, 5.41) is 0. The molecule has 0 heterocycles. The number of rotatable bonds is 8. The van der Waals surface area contributed by atoms with Crippen molar-refractivity contribution in [2.24, 2.45) is 0 Å². The predicted molar refractivity (Wildman–Crippen MR) is 74.5 cm³/mol. The quantitative estimate of drug-likeness (QED) is 0.635. The molecule has 19 heavy (non-hydrogen) atoms. The predicted octanol–water partition coefficient (Wildman–Crippen LogP) is 3.43. The van der Waals surface area contributed by atoms with Crippen molar-refractivity contribution in [1.29, 1.82) is 0 Å². The molecule has 1 unspecified atom stereocenters. The Hall–Kier alpha value is -1.06. The Labute approximate surface area is 116 Å². The Kier molecular flexibility index (Phi) is 7.09. The van der Waals surface area contributed by atoms with Crippen LogP contribution in [0.1, 0.15) is 66.7 Å². The maximum absolute atomic E-state index is 11.1. The van der Waals surface area contributed by atoms with Gasteiger partial charge in [0, 0.05) is 13.8 Å². The van der Waals surface area contributed by atoms with Crippen LogP contribution in [0.2, 0.25) is 0 Å². The third kappa shape index (κ3) is 8.62. The average Bonchev–Trinajstić information content (AvgIpc) is 2.12. The Morgan fingerprint density at radius 1 is 0.947 bits per heavy atom. The zero-order valence-corrected chi connectivity index (χ0v) is 12.9. The fourth-order valence-corrected chi connectivity index (χ4v) is 2.28. The largest absolute Gasteiger partial charge is 0.460 e. The summed E-state index contributed by atoms with van der Waals surface area (Å²) in [6.07, 6.45) is 3.76. The van der Waals surface area contributed by atoms with Crippen molar-refractivity contribution in [3.8, 4) is 0 Å². The number of hydrogen-bond donors (Lipinski definition) is 0. The average molecular weight is 271 g/mol. The van der Waals surface area contributed by atoms with E-state index < -0.39 is 11.2 Å². The van der Waals surface area contributed by atoms with Crippen LogP contribution in [0.3, 0.4) is 0 Å². The van der Waals surface area contributed by atoms with Crippen molar-refractivity contribution < 1.29 is 19.1 Å². The molecule has 0 spiro atoms. The lowest BCUT2D eigenvalue weighted by Crippen LogP contribution is -2.32. The van der Waals surface area contributed by atoms with E-state index in [-0.39, 0.29) is 11.9 Å². The Bertz CT molecular complexity index is 309. The summed E-state index contributed by atoms with van der Waals surface area (Å²) in [5.74, 6) is -0.541. The second-order valence-corrected chi connectivity index (χ2v) is 5.85. The third-order valence-electron chi connectivity index (χ3n) is 3.00. The van der Waals surface area contributed by atoms with Gasteiger partial charge in [0.2, 0.25) is 0 Å².